The summed E-state index contributed by atoms with van der Waals surface area (Å²) in [6.45, 7) is 0.545. The lowest BCUT2D eigenvalue weighted by Gasteiger charge is -1.92. The molecule has 2 rings (SSSR count). The zero-order valence-corrected chi connectivity index (χ0v) is 6.75. The highest BCUT2D eigenvalue weighted by Gasteiger charge is 2.26. The van der Waals surface area contributed by atoms with Gasteiger partial charge in [-0.1, -0.05) is 0 Å². The number of rotatable bonds is 2. The van der Waals surface area contributed by atoms with Crippen LogP contribution in [0.1, 0.15) is 30.3 Å². The number of imidazole rings is 1. The Bertz CT molecular complexity index is 260. The quantitative estimate of drug-likeness (QED) is 0.678. The zero-order chi connectivity index (χ0) is 7.84. The van der Waals surface area contributed by atoms with Crippen molar-refractivity contribution in [2.24, 2.45) is 12.8 Å². The Kier molecular flexibility index (Phi) is 1.46. The predicted octanol–water partition coefficient (Wildman–Crippen LogP) is 0.756. The van der Waals surface area contributed by atoms with Crippen LogP contribution in [0, 0.1) is 0 Å². The van der Waals surface area contributed by atoms with Gasteiger partial charge in [0, 0.05) is 19.2 Å². The number of aryl methyl sites for hydroxylation is 1. The first-order valence-electron chi connectivity index (χ1n) is 4.03. The molecule has 1 aliphatic carbocycles. The number of hydrogen-bond acceptors (Lipinski definition) is 2. The molecule has 1 saturated carbocycles. The van der Waals surface area contributed by atoms with E-state index < -0.39 is 0 Å². The van der Waals surface area contributed by atoms with Gasteiger partial charge >= 0.3 is 0 Å². The molecule has 0 amide bonds. The van der Waals surface area contributed by atoms with Gasteiger partial charge in [0.1, 0.15) is 5.82 Å². The van der Waals surface area contributed by atoms with Crippen molar-refractivity contribution in [3.05, 3.63) is 17.7 Å². The van der Waals surface area contributed by atoms with E-state index in [1.807, 2.05) is 11.6 Å². The van der Waals surface area contributed by atoms with E-state index in [2.05, 4.69) is 11.2 Å². The maximum absolute atomic E-state index is 5.50. The lowest BCUT2D eigenvalue weighted by molar-refractivity contribution is 0.793. The van der Waals surface area contributed by atoms with Gasteiger partial charge in [0.05, 0.1) is 12.2 Å². The minimum atomic E-state index is 0.545. The van der Waals surface area contributed by atoms with E-state index in [-0.39, 0.29) is 0 Å². The first-order valence-corrected chi connectivity index (χ1v) is 4.03. The van der Waals surface area contributed by atoms with E-state index in [9.17, 15) is 0 Å². The Morgan fingerprint density at radius 1 is 1.73 bits per heavy atom. The van der Waals surface area contributed by atoms with Crippen LogP contribution < -0.4 is 5.73 Å². The molecule has 0 aliphatic heterocycles. The summed E-state index contributed by atoms with van der Waals surface area (Å²) in [7, 11) is 2.00. The monoisotopic (exact) mass is 151 g/mol. The normalized spacial score (nSPS) is 17.3. The molecule has 0 saturated heterocycles. The van der Waals surface area contributed by atoms with Gasteiger partial charge in [0.25, 0.3) is 0 Å². The molecule has 11 heavy (non-hydrogen) atoms. The molecule has 1 aromatic heterocycles. The summed E-state index contributed by atoms with van der Waals surface area (Å²) in [5.74, 6) is 1.73. The molecule has 0 spiro atoms. The van der Waals surface area contributed by atoms with Crippen molar-refractivity contribution in [1.82, 2.24) is 9.55 Å². The van der Waals surface area contributed by atoms with Gasteiger partial charge in [-0.2, -0.15) is 0 Å². The summed E-state index contributed by atoms with van der Waals surface area (Å²) in [5.41, 5.74) is 6.73. The fourth-order valence-electron chi connectivity index (χ4n) is 1.30. The van der Waals surface area contributed by atoms with E-state index in [4.69, 9.17) is 5.73 Å². The SMILES string of the molecule is Cn1cc(C2CC2)nc1CN. The van der Waals surface area contributed by atoms with Crippen LogP contribution in [0.15, 0.2) is 6.20 Å². The third-order valence-electron chi connectivity index (χ3n) is 2.17. The molecule has 0 atom stereocenters. The van der Waals surface area contributed by atoms with Gasteiger partial charge in [-0.05, 0) is 12.8 Å². The number of hydrogen-bond donors (Lipinski definition) is 1. The average Bonchev–Trinajstić information content (AvgIpc) is 2.76. The highest BCUT2D eigenvalue weighted by molar-refractivity contribution is 5.14. The van der Waals surface area contributed by atoms with Crippen molar-refractivity contribution in [3.63, 3.8) is 0 Å². The van der Waals surface area contributed by atoms with Crippen LogP contribution in [0.3, 0.4) is 0 Å². The number of nitrogens with two attached hydrogens (primary N) is 1. The first-order chi connectivity index (χ1) is 5.31. The van der Waals surface area contributed by atoms with Gasteiger partial charge in [-0.3, -0.25) is 0 Å². The average molecular weight is 151 g/mol. The minimum Gasteiger partial charge on any atom is -0.337 e. The maximum atomic E-state index is 5.50. The van der Waals surface area contributed by atoms with Crippen molar-refractivity contribution >= 4 is 0 Å². The molecular formula is C8H13N3. The molecule has 0 bridgehead atoms. The number of nitrogens with zero attached hydrogens (tertiary/aromatic N) is 2. The maximum Gasteiger partial charge on any atom is 0.122 e. The molecule has 0 unspecified atom stereocenters. The lowest BCUT2D eigenvalue weighted by Crippen LogP contribution is -2.03. The summed E-state index contributed by atoms with van der Waals surface area (Å²) in [5, 5.41) is 0. The van der Waals surface area contributed by atoms with Gasteiger partial charge in [-0.15, -0.1) is 0 Å². The summed E-state index contributed by atoms with van der Waals surface area (Å²) in [6.07, 6.45) is 4.71. The summed E-state index contributed by atoms with van der Waals surface area (Å²) < 4.78 is 2.02. The highest BCUT2D eigenvalue weighted by Crippen LogP contribution is 2.39. The molecule has 60 valence electrons. The summed E-state index contributed by atoms with van der Waals surface area (Å²) in [4.78, 5) is 4.43. The Morgan fingerprint density at radius 2 is 2.45 bits per heavy atom. The van der Waals surface area contributed by atoms with Crippen molar-refractivity contribution in [2.45, 2.75) is 25.3 Å². The van der Waals surface area contributed by atoms with Gasteiger partial charge in [0.15, 0.2) is 0 Å². The van der Waals surface area contributed by atoms with E-state index in [1.165, 1.54) is 18.5 Å². The third kappa shape index (κ3) is 1.16. The van der Waals surface area contributed by atoms with Crippen LogP contribution in [-0.4, -0.2) is 9.55 Å². The standard InChI is InChI=1S/C8H13N3/c1-11-5-7(6-2-3-6)10-8(11)4-9/h5-6H,2-4,9H2,1H3. The van der Waals surface area contributed by atoms with Crippen LogP contribution in [0.2, 0.25) is 0 Å². The summed E-state index contributed by atoms with van der Waals surface area (Å²) >= 11 is 0. The molecule has 1 heterocycles. The van der Waals surface area contributed by atoms with Crippen molar-refractivity contribution in [2.75, 3.05) is 0 Å². The topological polar surface area (TPSA) is 43.8 Å². The Hall–Kier alpha value is -0.830. The van der Waals surface area contributed by atoms with Crippen LogP contribution in [0.25, 0.3) is 0 Å². The van der Waals surface area contributed by atoms with E-state index >= 15 is 0 Å². The van der Waals surface area contributed by atoms with Crippen LogP contribution in [-0.2, 0) is 13.6 Å². The fourth-order valence-corrected chi connectivity index (χ4v) is 1.30. The van der Waals surface area contributed by atoms with Gasteiger partial charge in [0.2, 0.25) is 0 Å². The van der Waals surface area contributed by atoms with Gasteiger partial charge in [-0.25, -0.2) is 4.98 Å². The van der Waals surface area contributed by atoms with Crippen molar-refractivity contribution in [3.8, 4) is 0 Å². The smallest absolute Gasteiger partial charge is 0.122 e. The summed E-state index contributed by atoms with van der Waals surface area (Å²) in [6, 6.07) is 0. The largest absolute Gasteiger partial charge is 0.337 e. The molecule has 0 radical (unpaired) electrons. The fraction of sp³-hybridized carbons (Fsp3) is 0.625. The lowest BCUT2D eigenvalue weighted by atomic mass is 10.3. The van der Waals surface area contributed by atoms with E-state index in [0.717, 1.165) is 11.7 Å². The Labute approximate surface area is 66.2 Å². The molecule has 1 fully saturated rings. The predicted molar refractivity (Wildman–Crippen MR) is 43.1 cm³/mol. The molecule has 3 nitrogen and oxygen atoms in total. The van der Waals surface area contributed by atoms with Crippen LogP contribution >= 0.6 is 0 Å². The van der Waals surface area contributed by atoms with Crippen LogP contribution in [0.5, 0.6) is 0 Å². The molecule has 1 aliphatic rings. The second-order valence-electron chi connectivity index (χ2n) is 3.17. The second kappa shape index (κ2) is 2.34. The van der Waals surface area contributed by atoms with E-state index in [1.54, 1.807) is 0 Å². The Morgan fingerprint density at radius 3 is 2.91 bits per heavy atom. The minimum absolute atomic E-state index is 0.545. The Balaban J connectivity index is 2.28. The molecule has 2 N–H and O–H groups in total. The number of aromatic nitrogens is 2. The highest BCUT2D eigenvalue weighted by atomic mass is 15.1. The van der Waals surface area contributed by atoms with Crippen molar-refractivity contribution < 1.29 is 0 Å². The molecule has 0 aromatic carbocycles. The van der Waals surface area contributed by atoms with Crippen molar-refractivity contribution in [1.29, 1.82) is 0 Å². The first kappa shape index (κ1) is 6.85. The molecule has 3 heteroatoms. The zero-order valence-electron chi connectivity index (χ0n) is 6.75. The van der Waals surface area contributed by atoms with E-state index in [0.29, 0.717) is 6.54 Å². The third-order valence-corrected chi connectivity index (χ3v) is 2.17. The van der Waals surface area contributed by atoms with Gasteiger partial charge < -0.3 is 10.3 Å². The molecular weight excluding hydrogens is 138 g/mol. The molecule has 1 aromatic rings. The van der Waals surface area contributed by atoms with Crippen LogP contribution in [0.4, 0.5) is 0 Å². The second-order valence-corrected chi connectivity index (χ2v) is 3.17.